The second-order valence-electron chi connectivity index (χ2n) is 6.98. The molecule has 0 saturated carbocycles. The third kappa shape index (κ3) is 4.68. The van der Waals surface area contributed by atoms with Crippen LogP contribution in [0.1, 0.15) is 24.8 Å². The number of ether oxygens (including phenoxy) is 1. The third-order valence-electron chi connectivity index (χ3n) is 5.22. The van der Waals surface area contributed by atoms with Crippen molar-refractivity contribution >= 4 is 23.6 Å². The Morgan fingerprint density at radius 1 is 0.893 bits per heavy atom. The number of aryl methyl sites for hydroxylation is 1. The van der Waals surface area contributed by atoms with Crippen LogP contribution in [0.4, 0.5) is 0 Å². The first-order valence-electron chi connectivity index (χ1n) is 9.49. The zero-order valence-electron chi connectivity index (χ0n) is 16.1. The average Bonchev–Trinajstić information content (AvgIpc) is 3.04. The van der Waals surface area contributed by atoms with Crippen LogP contribution in [0.15, 0.2) is 24.3 Å². The van der Waals surface area contributed by atoms with Crippen molar-refractivity contribution in [3.05, 3.63) is 29.8 Å². The van der Waals surface area contributed by atoms with Crippen LogP contribution in [0, 0.1) is 0 Å². The fourth-order valence-electron chi connectivity index (χ4n) is 3.44. The average molecular weight is 387 g/mol. The molecular weight excluding hydrogens is 362 g/mol. The van der Waals surface area contributed by atoms with E-state index in [0.29, 0.717) is 39.0 Å². The maximum atomic E-state index is 12.4. The SMILES string of the molecule is COc1ccc(CCC(=O)N2CCN(C(=O)CN3C(=O)CCC3=O)CC2)cc1. The second-order valence-corrected chi connectivity index (χ2v) is 6.98. The van der Waals surface area contributed by atoms with E-state index in [1.54, 1.807) is 16.9 Å². The number of carbonyl (C=O) groups is 4. The number of carbonyl (C=O) groups excluding carboxylic acids is 4. The van der Waals surface area contributed by atoms with E-state index < -0.39 is 0 Å². The van der Waals surface area contributed by atoms with Crippen LogP contribution >= 0.6 is 0 Å². The van der Waals surface area contributed by atoms with Gasteiger partial charge in [0.25, 0.3) is 0 Å². The molecule has 0 spiro atoms. The summed E-state index contributed by atoms with van der Waals surface area (Å²) in [6.45, 7) is 1.58. The highest BCUT2D eigenvalue weighted by Crippen LogP contribution is 2.15. The van der Waals surface area contributed by atoms with E-state index in [0.717, 1.165) is 16.2 Å². The summed E-state index contributed by atoms with van der Waals surface area (Å²) < 4.78 is 5.13. The van der Waals surface area contributed by atoms with Crippen molar-refractivity contribution < 1.29 is 23.9 Å². The van der Waals surface area contributed by atoms with E-state index in [-0.39, 0.29) is 43.0 Å². The highest BCUT2D eigenvalue weighted by Gasteiger charge is 2.32. The monoisotopic (exact) mass is 387 g/mol. The van der Waals surface area contributed by atoms with E-state index in [2.05, 4.69) is 0 Å². The molecule has 2 saturated heterocycles. The molecule has 2 fully saturated rings. The van der Waals surface area contributed by atoms with E-state index in [4.69, 9.17) is 4.74 Å². The number of imide groups is 1. The molecule has 4 amide bonds. The first-order chi connectivity index (χ1) is 13.5. The van der Waals surface area contributed by atoms with Gasteiger partial charge in [0.05, 0.1) is 7.11 Å². The van der Waals surface area contributed by atoms with E-state index in [1.807, 2.05) is 24.3 Å². The number of benzene rings is 1. The molecule has 0 N–H and O–H groups in total. The predicted octanol–water partition coefficient (Wildman–Crippen LogP) is 0.448. The summed E-state index contributed by atoms with van der Waals surface area (Å²) in [4.78, 5) is 52.5. The van der Waals surface area contributed by atoms with Crippen molar-refractivity contribution in [3.8, 4) is 5.75 Å². The Morgan fingerprint density at radius 3 is 1.96 bits per heavy atom. The van der Waals surface area contributed by atoms with Crippen molar-refractivity contribution in [3.63, 3.8) is 0 Å². The van der Waals surface area contributed by atoms with Crippen LogP contribution < -0.4 is 4.74 Å². The second kappa shape index (κ2) is 8.86. The highest BCUT2D eigenvalue weighted by atomic mass is 16.5. The molecule has 0 unspecified atom stereocenters. The van der Waals surface area contributed by atoms with Gasteiger partial charge in [-0.25, -0.2) is 0 Å². The summed E-state index contributed by atoms with van der Waals surface area (Å²) in [6.07, 6.45) is 1.43. The standard InChI is InChI=1S/C20H25N3O5/c1-28-16-5-2-15(3-6-16)4-7-17(24)21-10-12-22(13-11-21)20(27)14-23-18(25)8-9-19(23)26/h2-3,5-6H,4,7-14H2,1H3. The molecule has 8 nitrogen and oxygen atoms in total. The van der Waals surface area contributed by atoms with Crippen molar-refractivity contribution in [1.29, 1.82) is 0 Å². The maximum Gasteiger partial charge on any atom is 0.242 e. The van der Waals surface area contributed by atoms with Crippen LogP contribution in [-0.2, 0) is 25.6 Å². The van der Waals surface area contributed by atoms with Gasteiger partial charge in [-0.05, 0) is 24.1 Å². The summed E-state index contributed by atoms with van der Waals surface area (Å²) in [6, 6.07) is 7.65. The minimum absolute atomic E-state index is 0.0628. The molecule has 0 aliphatic carbocycles. The Labute approximate surface area is 164 Å². The van der Waals surface area contributed by atoms with Gasteiger partial charge in [0.15, 0.2) is 0 Å². The lowest BCUT2D eigenvalue weighted by atomic mass is 10.1. The number of hydrogen-bond acceptors (Lipinski definition) is 5. The van der Waals surface area contributed by atoms with Crippen LogP contribution in [0.5, 0.6) is 5.75 Å². The smallest absolute Gasteiger partial charge is 0.242 e. The Balaban J connectivity index is 1.42. The molecule has 2 aliphatic heterocycles. The fourth-order valence-corrected chi connectivity index (χ4v) is 3.44. The van der Waals surface area contributed by atoms with Gasteiger partial charge in [-0.2, -0.15) is 0 Å². The summed E-state index contributed by atoms with van der Waals surface area (Å²) in [5.41, 5.74) is 1.07. The number of likely N-dealkylation sites (tertiary alicyclic amines) is 1. The molecule has 8 heteroatoms. The molecule has 0 aromatic heterocycles. The lowest BCUT2D eigenvalue weighted by molar-refractivity contribution is -0.147. The number of piperazine rings is 1. The summed E-state index contributed by atoms with van der Waals surface area (Å²) in [5, 5.41) is 0. The van der Waals surface area contributed by atoms with Crippen LogP contribution in [0.3, 0.4) is 0 Å². The molecule has 150 valence electrons. The Bertz CT molecular complexity index is 738. The lowest BCUT2D eigenvalue weighted by Gasteiger charge is -2.35. The van der Waals surface area contributed by atoms with E-state index >= 15 is 0 Å². The Hall–Kier alpha value is -2.90. The lowest BCUT2D eigenvalue weighted by Crippen LogP contribution is -2.53. The van der Waals surface area contributed by atoms with Crippen LogP contribution in [0.25, 0.3) is 0 Å². The third-order valence-corrected chi connectivity index (χ3v) is 5.22. The molecule has 3 rings (SSSR count). The molecule has 28 heavy (non-hydrogen) atoms. The van der Waals surface area contributed by atoms with Crippen molar-refractivity contribution in [2.24, 2.45) is 0 Å². The normalized spacial score (nSPS) is 17.2. The quantitative estimate of drug-likeness (QED) is 0.662. The van der Waals surface area contributed by atoms with Crippen molar-refractivity contribution in [1.82, 2.24) is 14.7 Å². The zero-order chi connectivity index (χ0) is 20.1. The van der Waals surface area contributed by atoms with Gasteiger partial charge >= 0.3 is 0 Å². The molecule has 0 radical (unpaired) electrons. The number of hydrogen-bond donors (Lipinski definition) is 0. The summed E-state index contributed by atoms with van der Waals surface area (Å²) >= 11 is 0. The molecule has 0 bridgehead atoms. The van der Waals surface area contributed by atoms with Gasteiger partial charge in [0, 0.05) is 45.4 Å². The van der Waals surface area contributed by atoms with Crippen molar-refractivity contribution in [2.45, 2.75) is 25.7 Å². The van der Waals surface area contributed by atoms with Gasteiger partial charge in [-0.3, -0.25) is 24.1 Å². The van der Waals surface area contributed by atoms with Gasteiger partial charge in [0.2, 0.25) is 23.6 Å². The Kier molecular flexibility index (Phi) is 6.28. The zero-order valence-corrected chi connectivity index (χ0v) is 16.1. The topological polar surface area (TPSA) is 87.2 Å². The highest BCUT2D eigenvalue weighted by molar-refractivity contribution is 6.04. The number of nitrogens with zero attached hydrogens (tertiary/aromatic N) is 3. The maximum absolute atomic E-state index is 12.4. The first-order valence-corrected chi connectivity index (χ1v) is 9.49. The Morgan fingerprint density at radius 2 is 1.43 bits per heavy atom. The van der Waals surface area contributed by atoms with Gasteiger partial charge < -0.3 is 14.5 Å². The predicted molar refractivity (Wildman–Crippen MR) is 100 cm³/mol. The number of methoxy groups -OCH3 is 1. The number of amides is 4. The van der Waals surface area contributed by atoms with E-state index in [9.17, 15) is 19.2 Å². The summed E-state index contributed by atoms with van der Waals surface area (Å²) in [7, 11) is 1.61. The summed E-state index contributed by atoms with van der Waals surface area (Å²) in [5.74, 6) is 0.0336. The number of rotatable bonds is 6. The largest absolute Gasteiger partial charge is 0.497 e. The minimum Gasteiger partial charge on any atom is -0.497 e. The van der Waals surface area contributed by atoms with Gasteiger partial charge in [-0.15, -0.1) is 0 Å². The molecular formula is C20H25N3O5. The first kappa shape index (κ1) is 19.9. The van der Waals surface area contributed by atoms with Crippen LogP contribution in [-0.4, -0.2) is 78.2 Å². The molecule has 2 aliphatic rings. The molecule has 0 atom stereocenters. The fraction of sp³-hybridized carbons (Fsp3) is 0.500. The molecule has 1 aromatic carbocycles. The minimum atomic E-state index is -0.286. The molecule has 2 heterocycles. The van der Waals surface area contributed by atoms with Crippen LogP contribution in [0.2, 0.25) is 0 Å². The van der Waals surface area contributed by atoms with Crippen molar-refractivity contribution in [2.75, 3.05) is 39.8 Å². The van der Waals surface area contributed by atoms with Gasteiger partial charge in [0.1, 0.15) is 12.3 Å². The van der Waals surface area contributed by atoms with E-state index in [1.165, 1.54) is 0 Å². The molecule has 1 aromatic rings. The van der Waals surface area contributed by atoms with Gasteiger partial charge in [-0.1, -0.05) is 12.1 Å².